The van der Waals surface area contributed by atoms with Crippen LogP contribution in [0.15, 0.2) is 12.1 Å². The number of carbonyl (C=O) groups excluding carboxylic acids is 2. The van der Waals surface area contributed by atoms with E-state index < -0.39 is 5.97 Å². The normalized spacial score (nSPS) is 25.8. The molecule has 0 atom stereocenters. The van der Waals surface area contributed by atoms with Crippen LogP contribution in [-0.4, -0.2) is 52.3 Å². The summed E-state index contributed by atoms with van der Waals surface area (Å²) in [7, 11) is 2.14. The fraction of sp³-hybridized carbons (Fsp3) is 0.667. The van der Waals surface area contributed by atoms with Crippen LogP contribution in [0.25, 0.3) is 0 Å². The standard InChI is InChI=1S/C24H33I2NO5/c1-23(2)12-17(13-24(3,4)27(23)5)32-21(29)14-6-8-16(9-7-14)31-22(30)18-10-15(25)11-19(26)20(18)28/h10-11,14,16-17,28H,6-9,12-13H2,1-5H3. The molecular weight excluding hydrogens is 636 g/mol. The topological polar surface area (TPSA) is 76.1 Å². The summed E-state index contributed by atoms with van der Waals surface area (Å²) in [6.07, 6.45) is 3.86. The van der Waals surface area contributed by atoms with Crippen molar-refractivity contribution in [3.8, 4) is 5.75 Å². The molecule has 1 saturated heterocycles. The Bertz CT molecular complexity index is 859. The first kappa shape index (κ1) is 26.0. The number of hydrogen-bond acceptors (Lipinski definition) is 6. The molecule has 0 aromatic heterocycles. The van der Waals surface area contributed by atoms with Crippen LogP contribution in [0, 0.1) is 13.1 Å². The third-order valence-corrected chi connectivity index (χ3v) is 8.53. The lowest BCUT2D eigenvalue weighted by Gasteiger charge is -2.53. The van der Waals surface area contributed by atoms with Gasteiger partial charge in [0.2, 0.25) is 0 Å². The lowest BCUT2D eigenvalue weighted by atomic mass is 9.78. The molecule has 2 fully saturated rings. The van der Waals surface area contributed by atoms with E-state index in [0.29, 0.717) is 29.3 Å². The number of rotatable bonds is 4. The number of halogens is 2. The molecular formula is C24H33I2NO5. The quantitative estimate of drug-likeness (QED) is 0.337. The van der Waals surface area contributed by atoms with Crippen LogP contribution < -0.4 is 0 Å². The second kappa shape index (κ2) is 9.93. The third kappa shape index (κ3) is 5.89. The molecule has 1 aromatic carbocycles. The number of likely N-dealkylation sites (tertiary alicyclic amines) is 1. The van der Waals surface area contributed by atoms with Gasteiger partial charge in [0.15, 0.2) is 0 Å². The summed E-state index contributed by atoms with van der Waals surface area (Å²) in [5, 5.41) is 10.2. The highest BCUT2D eigenvalue weighted by Crippen LogP contribution is 2.39. The molecule has 2 aliphatic rings. The number of aromatic hydroxyl groups is 1. The second-order valence-electron chi connectivity index (χ2n) is 10.3. The minimum absolute atomic E-state index is 0.0306. The Balaban J connectivity index is 1.52. The largest absolute Gasteiger partial charge is 0.506 e. The van der Waals surface area contributed by atoms with Crippen molar-refractivity contribution >= 4 is 57.1 Å². The van der Waals surface area contributed by atoms with E-state index in [2.05, 4.69) is 62.2 Å². The summed E-state index contributed by atoms with van der Waals surface area (Å²) >= 11 is 4.11. The summed E-state index contributed by atoms with van der Waals surface area (Å²) in [5.74, 6) is -0.832. The maximum Gasteiger partial charge on any atom is 0.342 e. The van der Waals surface area contributed by atoms with Crippen molar-refractivity contribution in [2.24, 2.45) is 5.92 Å². The average molecular weight is 669 g/mol. The van der Waals surface area contributed by atoms with Gasteiger partial charge in [0.1, 0.15) is 23.5 Å². The molecule has 6 nitrogen and oxygen atoms in total. The van der Waals surface area contributed by atoms with Gasteiger partial charge in [0.05, 0.1) is 9.49 Å². The van der Waals surface area contributed by atoms with Gasteiger partial charge in [-0.15, -0.1) is 0 Å². The molecule has 1 aliphatic carbocycles. The zero-order valence-electron chi connectivity index (χ0n) is 19.4. The molecule has 0 bridgehead atoms. The SMILES string of the molecule is CN1C(C)(C)CC(OC(=O)C2CCC(OC(=O)c3cc(I)cc(I)c3O)CC2)CC1(C)C. The van der Waals surface area contributed by atoms with Crippen molar-refractivity contribution < 1.29 is 24.2 Å². The molecule has 1 N–H and O–H groups in total. The number of esters is 2. The summed E-state index contributed by atoms with van der Waals surface area (Å²) in [4.78, 5) is 27.8. The summed E-state index contributed by atoms with van der Waals surface area (Å²) < 4.78 is 13.1. The highest BCUT2D eigenvalue weighted by atomic mass is 127. The first-order valence-electron chi connectivity index (χ1n) is 11.1. The smallest absolute Gasteiger partial charge is 0.342 e. The Hall–Kier alpha value is -0.620. The first-order chi connectivity index (χ1) is 14.8. The number of nitrogens with zero attached hydrogens (tertiary/aromatic N) is 1. The third-order valence-electron chi connectivity index (χ3n) is 7.08. The molecule has 1 aromatic rings. The second-order valence-corrected chi connectivity index (χ2v) is 12.7. The predicted octanol–water partition coefficient (Wildman–Crippen LogP) is 5.51. The molecule has 3 rings (SSSR count). The maximum absolute atomic E-state index is 12.9. The van der Waals surface area contributed by atoms with Gasteiger partial charge in [-0.25, -0.2) is 4.79 Å². The zero-order valence-corrected chi connectivity index (χ0v) is 23.7. The molecule has 1 heterocycles. The average Bonchev–Trinajstić information content (AvgIpc) is 2.68. The van der Waals surface area contributed by atoms with E-state index >= 15 is 0 Å². The van der Waals surface area contributed by atoms with Gasteiger partial charge in [0.25, 0.3) is 0 Å². The Morgan fingerprint density at radius 1 is 0.969 bits per heavy atom. The first-order valence-corrected chi connectivity index (χ1v) is 13.3. The lowest BCUT2D eigenvalue weighted by Crippen LogP contribution is -2.60. The monoisotopic (exact) mass is 669 g/mol. The van der Waals surface area contributed by atoms with E-state index in [9.17, 15) is 14.7 Å². The lowest BCUT2D eigenvalue weighted by molar-refractivity contribution is -0.165. The van der Waals surface area contributed by atoms with Crippen LogP contribution in [0.5, 0.6) is 5.75 Å². The van der Waals surface area contributed by atoms with Crippen LogP contribution in [0.4, 0.5) is 0 Å². The van der Waals surface area contributed by atoms with E-state index in [4.69, 9.17) is 9.47 Å². The van der Waals surface area contributed by atoms with E-state index in [1.807, 2.05) is 22.6 Å². The molecule has 1 aliphatic heterocycles. The van der Waals surface area contributed by atoms with Crippen LogP contribution >= 0.6 is 45.2 Å². The Morgan fingerprint density at radius 3 is 2.09 bits per heavy atom. The molecule has 0 amide bonds. The van der Waals surface area contributed by atoms with E-state index in [1.54, 1.807) is 12.1 Å². The predicted molar refractivity (Wildman–Crippen MR) is 140 cm³/mol. The Labute approximate surface area is 218 Å². The van der Waals surface area contributed by atoms with Crippen LogP contribution in [0.1, 0.15) is 76.6 Å². The molecule has 0 spiro atoms. The number of hydrogen-bond donors (Lipinski definition) is 1. The fourth-order valence-electron chi connectivity index (χ4n) is 4.98. The van der Waals surface area contributed by atoms with E-state index in [-0.39, 0.29) is 46.5 Å². The van der Waals surface area contributed by atoms with Crippen molar-refractivity contribution in [2.75, 3.05) is 7.05 Å². The number of carbonyl (C=O) groups is 2. The molecule has 8 heteroatoms. The highest BCUT2D eigenvalue weighted by molar-refractivity contribution is 14.1. The number of piperidine rings is 1. The molecule has 1 saturated carbocycles. The van der Waals surface area contributed by atoms with Gasteiger partial charge in [0, 0.05) is 27.5 Å². The Morgan fingerprint density at radius 2 is 1.53 bits per heavy atom. The Kier molecular flexibility index (Phi) is 8.07. The van der Waals surface area contributed by atoms with Crippen molar-refractivity contribution in [3.05, 3.63) is 24.8 Å². The van der Waals surface area contributed by atoms with Crippen LogP contribution in [-0.2, 0) is 14.3 Å². The highest BCUT2D eigenvalue weighted by Gasteiger charge is 2.45. The maximum atomic E-state index is 12.9. The number of phenols is 1. The molecule has 0 radical (unpaired) electrons. The summed E-state index contributed by atoms with van der Waals surface area (Å²) in [5.41, 5.74) is 0.129. The molecule has 0 unspecified atom stereocenters. The van der Waals surface area contributed by atoms with Gasteiger partial charge >= 0.3 is 11.9 Å². The number of ether oxygens (including phenoxy) is 2. The van der Waals surface area contributed by atoms with Gasteiger partial charge < -0.3 is 14.6 Å². The fourth-order valence-corrected chi connectivity index (χ4v) is 6.82. The van der Waals surface area contributed by atoms with E-state index in [0.717, 1.165) is 16.4 Å². The van der Waals surface area contributed by atoms with E-state index in [1.165, 1.54) is 0 Å². The summed E-state index contributed by atoms with van der Waals surface area (Å²) in [6, 6.07) is 3.44. The van der Waals surface area contributed by atoms with Crippen molar-refractivity contribution in [2.45, 2.75) is 89.5 Å². The van der Waals surface area contributed by atoms with Gasteiger partial charge in [-0.05, 0) is 118 Å². The number of phenolic OH excluding ortho intramolecular Hbond substituents is 1. The van der Waals surface area contributed by atoms with Crippen LogP contribution in [0.2, 0.25) is 0 Å². The minimum Gasteiger partial charge on any atom is -0.506 e. The number of benzene rings is 1. The van der Waals surface area contributed by atoms with Crippen molar-refractivity contribution in [1.29, 1.82) is 0 Å². The molecule has 178 valence electrons. The van der Waals surface area contributed by atoms with Crippen molar-refractivity contribution in [1.82, 2.24) is 4.90 Å². The van der Waals surface area contributed by atoms with Gasteiger partial charge in [-0.3, -0.25) is 9.69 Å². The zero-order chi connectivity index (χ0) is 23.8. The summed E-state index contributed by atoms with van der Waals surface area (Å²) in [6.45, 7) is 8.78. The van der Waals surface area contributed by atoms with Gasteiger partial charge in [-0.2, -0.15) is 0 Å². The van der Waals surface area contributed by atoms with Crippen LogP contribution in [0.3, 0.4) is 0 Å². The van der Waals surface area contributed by atoms with Gasteiger partial charge in [-0.1, -0.05) is 0 Å². The molecule has 32 heavy (non-hydrogen) atoms. The van der Waals surface area contributed by atoms with Crippen molar-refractivity contribution in [3.63, 3.8) is 0 Å². The minimum atomic E-state index is -0.513.